The van der Waals surface area contributed by atoms with Gasteiger partial charge in [0.1, 0.15) is 19.3 Å². The number of amides is 2. The lowest BCUT2D eigenvalue weighted by molar-refractivity contribution is -0.134. The van der Waals surface area contributed by atoms with Gasteiger partial charge in [-0.15, -0.1) is 0 Å². The number of carbonyl (C=O) groups excluding carboxylic acids is 2. The lowest BCUT2D eigenvalue weighted by atomic mass is 9.84. The fourth-order valence-corrected chi connectivity index (χ4v) is 5.49. The molecule has 2 aromatic carbocycles. The molecule has 6 heteroatoms. The van der Waals surface area contributed by atoms with Crippen molar-refractivity contribution in [3.63, 3.8) is 0 Å². The molecule has 0 aromatic heterocycles. The first kappa shape index (κ1) is 20.9. The summed E-state index contributed by atoms with van der Waals surface area (Å²) in [5, 5.41) is 0. The highest BCUT2D eigenvalue weighted by Crippen LogP contribution is 2.41. The van der Waals surface area contributed by atoms with Crippen molar-refractivity contribution < 1.29 is 19.1 Å². The summed E-state index contributed by atoms with van der Waals surface area (Å²) in [7, 11) is 1.83. The van der Waals surface area contributed by atoms with Gasteiger partial charge in [-0.3, -0.25) is 9.59 Å². The van der Waals surface area contributed by atoms with Crippen LogP contribution in [0.5, 0.6) is 11.5 Å². The predicted molar refractivity (Wildman–Crippen MR) is 121 cm³/mol. The van der Waals surface area contributed by atoms with E-state index < -0.39 is 6.04 Å². The van der Waals surface area contributed by atoms with Crippen LogP contribution in [0.1, 0.15) is 48.0 Å². The Morgan fingerprint density at radius 2 is 1.75 bits per heavy atom. The number of fused-ring (bicyclic) bond motifs is 2. The van der Waals surface area contributed by atoms with E-state index >= 15 is 0 Å². The lowest BCUT2D eigenvalue weighted by Gasteiger charge is -2.34. The number of carbonyl (C=O) groups is 2. The first-order valence-corrected chi connectivity index (χ1v) is 11.6. The topological polar surface area (TPSA) is 59.1 Å². The van der Waals surface area contributed by atoms with Gasteiger partial charge in [0.05, 0.1) is 0 Å². The number of hydrogen-bond acceptors (Lipinski definition) is 4. The second kappa shape index (κ2) is 8.85. The number of ether oxygens (including phenoxy) is 2. The Kier molecular flexibility index (Phi) is 5.77. The van der Waals surface area contributed by atoms with Crippen molar-refractivity contribution in [2.75, 3.05) is 20.3 Å². The van der Waals surface area contributed by atoms with Crippen LogP contribution in [-0.4, -0.2) is 54.0 Å². The van der Waals surface area contributed by atoms with E-state index in [-0.39, 0.29) is 17.9 Å². The van der Waals surface area contributed by atoms with Crippen molar-refractivity contribution in [3.05, 3.63) is 59.7 Å². The molecule has 0 N–H and O–H groups in total. The molecule has 5 rings (SSSR count). The van der Waals surface area contributed by atoms with Crippen LogP contribution in [0.15, 0.2) is 48.5 Å². The first-order valence-electron chi connectivity index (χ1n) is 11.6. The molecular formula is C26H30N2O4. The van der Waals surface area contributed by atoms with Gasteiger partial charge in [-0.25, -0.2) is 0 Å². The molecule has 168 valence electrons. The van der Waals surface area contributed by atoms with Gasteiger partial charge in [-0.1, -0.05) is 37.1 Å². The summed E-state index contributed by atoms with van der Waals surface area (Å²) in [4.78, 5) is 30.7. The molecule has 0 bridgehead atoms. The Morgan fingerprint density at radius 1 is 1.00 bits per heavy atom. The Morgan fingerprint density at radius 3 is 2.56 bits per heavy atom. The largest absolute Gasteiger partial charge is 0.486 e. The highest BCUT2D eigenvalue weighted by atomic mass is 16.6. The molecule has 2 fully saturated rings. The van der Waals surface area contributed by atoms with Crippen LogP contribution < -0.4 is 9.47 Å². The number of hydrogen-bond donors (Lipinski definition) is 0. The summed E-state index contributed by atoms with van der Waals surface area (Å²) in [6.45, 7) is 1.56. The van der Waals surface area contributed by atoms with Gasteiger partial charge in [0.25, 0.3) is 5.91 Å². The second-order valence-electron chi connectivity index (χ2n) is 9.11. The monoisotopic (exact) mass is 434 g/mol. The summed E-state index contributed by atoms with van der Waals surface area (Å²) in [5.41, 5.74) is 1.65. The van der Waals surface area contributed by atoms with E-state index in [1.54, 1.807) is 4.90 Å². The van der Waals surface area contributed by atoms with Gasteiger partial charge < -0.3 is 19.3 Å². The quantitative estimate of drug-likeness (QED) is 0.733. The van der Waals surface area contributed by atoms with E-state index in [1.807, 2.05) is 60.5 Å². The zero-order valence-corrected chi connectivity index (χ0v) is 18.5. The zero-order valence-electron chi connectivity index (χ0n) is 18.5. The molecule has 2 amide bonds. The standard InChI is InChI=1S/C26H30N2O4/c1-27(17-18-11-12-23-24(15-18)32-14-13-31-23)26(30)22-16-20-9-5-6-10-21(20)28(22)25(29)19-7-3-2-4-8-19/h2-4,7-8,11-12,15,20-22H,5-6,9-10,13-14,16-17H2,1H3. The minimum absolute atomic E-state index is 0.0126. The van der Waals surface area contributed by atoms with Gasteiger partial charge in [0.2, 0.25) is 5.91 Å². The van der Waals surface area contributed by atoms with E-state index in [4.69, 9.17) is 9.47 Å². The van der Waals surface area contributed by atoms with Crippen molar-refractivity contribution in [3.8, 4) is 11.5 Å². The number of likely N-dealkylation sites (tertiary alicyclic amines) is 1. The number of rotatable bonds is 4. The molecule has 6 nitrogen and oxygen atoms in total. The summed E-state index contributed by atoms with van der Waals surface area (Å²) in [6.07, 6.45) is 5.14. The molecule has 2 aromatic rings. The van der Waals surface area contributed by atoms with Gasteiger partial charge >= 0.3 is 0 Å². The average Bonchev–Trinajstić information content (AvgIpc) is 3.23. The van der Waals surface area contributed by atoms with E-state index in [0.29, 0.717) is 31.2 Å². The van der Waals surface area contributed by atoms with Crippen molar-refractivity contribution in [2.24, 2.45) is 5.92 Å². The van der Waals surface area contributed by atoms with Crippen LogP contribution in [-0.2, 0) is 11.3 Å². The summed E-state index contributed by atoms with van der Waals surface area (Å²) < 4.78 is 11.3. The highest BCUT2D eigenvalue weighted by Gasteiger charge is 2.48. The van der Waals surface area contributed by atoms with Gasteiger partial charge in [-0.2, -0.15) is 0 Å². The molecule has 2 aliphatic heterocycles. The molecule has 1 saturated heterocycles. The van der Waals surface area contributed by atoms with E-state index in [9.17, 15) is 9.59 Å². The summed E-state index contributed by atoms with van der Waals surface area (Å²) in [5.74, 6) is 1.87. The summed E-state index contributed by atoms with van der Waals surface area (Å²) in [6, 6.07) is 14.9. The highest BCUT2D eigenvalue weighted by molar-refractivity contribution is 5.98. The molecule has 1 saturated carbocycles. The van der Waals surface area contributed by atoms with Crippen LogP contribution in [0, 0.1) is 5.92 Å². The third-order valence-electron chi connectivity index (χ3n) is 7.03. The van der Waals surface area contributed by atoms with Crippen molar-refractivity contribution in [1.29, 1.82) is 0 Å². The SMILES string of the molecule is CN(Cc1ccc2c(c1)OCCO2)C(=O)C1CC2CCCCC2N1C(=O)c1ccccc1. The molecule has 32 heavy (non-hydrogen) atoms. The third kappa shape index (κ3) is 3.94. The second-order valence-corrected chi connectivity index (χ2v) is 9.11. The van der Waals surface area contributed by atoms with Crippen molar-refractivity contribution in [2.45, 2.75) is 50.7 Å². The smallest absolute Gasteiger partial charge is 0.254 e. The Balaban J connectivity index is 1.36. The first-order chi connectivity index (χ1) is 15.6. The molecule has 0 spiro atoms. The van der Waals surface area contributed by atoms with Gasteiger partial charge in [0.15, 0.2) is 11.5 Å². The molecular weight excluding hydrogens is 404 g/mol. The minimum atomic E-state index is -0.405. The Bertz CT molecular complexity index is 993. The van der Waals surface area contributed by atoms with E-state index in [0.717, 1.165) is 42.7 Å². The van der Waals surface area contributed by atoms with Crippen LogP contribution in [0.2, 0.25) is 0 Å². The number of likely N-dealkylation sites (N-methyl/N-ethyl adjacent to an activating group) is 1. The van der Waals surface area contributed by atoms with Crippen molar-refractivity contribution >= 4 is 11.8 Å². The van der Waals surface area contributed by atoms with Crippen LogP contribution in [0.25, 0.3) is 0 Å². The van der Waals surface area contributed by atoms with E-state index in [2.05, 4.69) is 0 Å². The average molecular weight is 435 g/mol. The maximum Gasteiger partial charge on any atom is 0.254 e. The van der Waals surface area contributed by atoms with Gasteiger partial charge in [0, 0.05) is 25.2 Å². The maximum absolute atomic E-state index is 13.6. The van der Waals surface area contributed by atoms with Gasteiger partial charge in [-0.05, 0) is 55.0 Å². The fourth-order valence-electron chi connectivity index (χ4n) is 5.49. The van der Waals surface area contributed by atoms with Crippen molar-refractivity contribution in [1.82, 2.24) is 9.80 Å². The van der Waals surface area contributed by atoms with Crippen LogP contribution in [0.4, 0.5) is 0 Å². The maximum atomic E-state index is 13.6. The normalized spacial score (nSPS) is 24.0. The molecule has 2 heterocycles. The predicted octanol–water partition coefficient (Wildman–Crippen LogP) is 3.89. The lowest BCUT2D eigenvalue weighted by Crippen LogP contribution is -2.49. The molecule has 3 atom stereocenters. The van der Waals surface area contributed by atoms with Crippen LogP contribution in [0.3, 0.4) is 0 Å². The fraction of sp³-hybridized carbons (Fsp3) is 0.462. The number of nitrogens with zero attached hydrogens (tertiary/aromatic N) is 2. The van der Waals surface area contributed by atoms with Crippen LogP contribution >= 0.6 is 0 Å². The molecule has 1 aliphatic carbocycles. The molecule has 0 radical (unpaired) electrons. The minimum Gasteiger partial charge on any atom is -0.486 e. The Hall–Kier alpha value is -3.02. The molecule has 3 unspecified atom stereocenters. The zero-order chi connectivity index (χ0) is 22.1. The Labute approximate surface area is 189 Å². The summed E-state index contributed by atoms with van der Waals surface area (Å²) >= 11 is 0. The molecule has 3 aliphatic rings. The van der Waals surface area contributed by atoms with E-state index in [1.165, 1.54) is 6.42 Å². The third-order valence-corrected chi connectivity index (χ3v) is 7.03. The number of benzene rings is 2.